The van der Waals surface area contributed by atoms with Crippen LogP contribution in [0.4, 0.5) is 0 Å². The first-order chi connectivity index (χ1) is 37.5. The van der Waals surface area contributed by atoms with E-state index in [2.05, 4.69) is 182 Å². The maximum absolute atomic E-state index is 15.3. The molecule has 1 heterocycles. The molecule has 0 unspecified atom stereocenters. The highest BCUT2D eigenvalue weighted by Crippen LogP contribution is 2.49. The van der Waals surface area contributed by atoms with Gasteiger partial charge in [0.1, 0.15) is 0 Å². The highest BCUT2D eigenvalue weighted by molar-refractivity contribution is 7.85. The Morgan fingerprint density at radius 1 is 0.276 bits per heavy atom. The van der Waals surface area contributed by atoms with Crippen LogP contribution in [0.5, 0.6) is 0 Å². The van der Waals surface area contributed by atoms with Crippen molar-refractivity contribution in [2.24, 2.45) is 0 Å². The van der Waals surface area contributed by atoms with Crippen LogP contribution in [0, 0.1) is 0 Å². The standard InChI is InChI=1S/C71H54N3OP/c75-76(59-24-10-3-11-25-59,60-26-12-4-13-27-60)61-46-40-53(41-47-61)67-64-30-16-14-28-62(64)66(63-29-15-17-31-65(63)67)52-36-42-57(43-37-52)71(48-18-5-19-49-71)58-44-38-56(39-45-58)70-73-68(54-22-8-2-9-23-54)72-69(74-70)55-34-32-51(33-35-55)50-20-6-1-7-21-50/h1-4,6-17,20-47H,5,18-19,48-49H2. The molecule has 0 N–H and O–H groups in total. The van der Waals surface area contributed by atoms with E-state index in [4.69, 9.17) is 15.0 Å². The molecule has 1 aliphatic carbocycles. The molecule has 0 amide bonds. The Labute approximate surface area is 444 Å². The van der Waals surface area contributed by atoms with Crippen molar-refractivity contribution < 1.29 is 4.57 Å². The van der Waals surface area contributed by atoms with E-state index in [1.807, 2.05) is 84.9 Å². The monoisotopic (exact) mass is 995 g/mol. The normalized spacial score (nSPS) is 13.4. The van der Waals surface area contributed by atoms with E-state index in [1.54, 1.807) is 0 Å². The second-order valence-electron chi connectivity index (χ2n) is 20.1. The Kier molecular flexibility index (Phi) is 12.4. The van der Waals surface area contributed by atoms with E-state index in [9.17, 15) is 0 Å². The molecule has 5 heteroatoms. The Morgan fingerprint density at radius 2 is 0.566 bits per heavy atom. The fourth-order valence-electron chi connectivity index (χ4n) is 11.9. The molecule has 0 saturated heterocycles. The summed E-state index contributed by atoms with van der Waals surface area (Å²) >= 11 is 0. The third-order valence-corrected chi connectivity index (χ3v) is 18.8. The first kappa shape index (κ1) is 46.9. The van der Waals surface area contributed by atoms with Gasteiger partial charge in [0.2, 0.25) is 0 Å². The van der Waals surface area contributed by atoms with Crippen molar-refractivity contribution in [3.8, 4) is 67.5 Å². The van der Waals surface area contributed by atoms with Crippen molar-refractivity contribution in [3.63, 3.8) is 0 Å². The van der Waals surface area contributed by atoms with Crippen LogP contribution in [0.25, 0.3) is 89.1 Å². The Balaban J connectivity index is 0.850. The van der Waals surface area contributed by atoms with Gasteiger partial charge >= 0.3 is 0 Å². The largest absolute Gasteiger partial charge is 0.309 e. The molecular weight excluding hydrogens is 942 g/mol. The van der Waals surface area contributed by atoms with Gasteiger partial charge in [0.15, 0.2) is 24.6 Å². The minimum absolute atomic E-state index is 0.125. The van der Waals surface area contributed by atoms with Crippen LogP contribution in [0.3, 0.4) is 0 Å². The lowest BCUT2D eigenvalue weighted by atomic mass is 9.65. The van der Waals surface area contributed by atoms with Gasteiger partial charge in [0, 0.05) is 38.0 Å². The van der Waals surface area contributed by atoms with E-state index >= 15 is 4.57 Å². The first-order valence-electron chi connectivity index (χ1n) is 26.5. The van der Waals surface area contributed by atoms with Gasteiger partial charge in [-0.15, -0.1) is 0 Å². The van der Waals surface area contributed by atoms with Crippen LogP contribution >= 0.6 is 7.14 Å². The second kappa shape index (κ2) is 20.1. The zero-order valence-electron chi connectivity index (χ0n) is 42.1. The lowest BCUT2D eigenvalue weighted by Crippen LogP contribution is -2.30. The Morgan fingerprint density at radius 3 is 0.987 bits per heavy atom. The van der Waals surface area contributed by atoms with Gasteiger partial charge < -0.3 is 4.57 Å². The molecule has 1 fully saturated rings. The predicted molar refractivity (Wildman–Crippen MR) is 317 cm³/mol. The number of fused-ring (bicyclic) bond motifs is 2. The molecule has 0 atom stereocenters. The molecule has 1 aromatic heterocycles. The van der Waals surface area contributed by atoms with Crippen LogP contribution in [-0.2, 0) is 9.98 Å². The molecule has 0 radical (unpaired) electrons. The summed E-state index contributed by atoms with van der Waals surface area (Å²) in [6, 6.07) is 93.7. The van der Waals surface area contributed by atoms with Crippen LogP contribution in [0.1, 0.15) is 43.2 Å². The van der Waals surface area contributed by atoms with Crippen molar-refractivity contribution in [1.82, 2.24) is 15.0 Å². The summed E-state index contributed by atoms with van der Waals surface area (Å²) in [5.41, 5.74) is 12.4. The molecular formula is C71H54N3OP. The van der Waals surface area contributed by atoms with E-state index < -0.39 is 7.14 Å². The highest BCUT2D eigenvalue weighted by atomic mass is 31.2. The molecule has 11 aromatic carbocycles. The summed E-state index contributed by atoms with van der Waals surface area (Å²) < 4.78 is 15.3. The molecule has 0 spiro atoms. The molecule has 364 valence electrons. The van der Waals surface area contributed by atoms with Gasteiger partial charge in [0.25, 0.3) is 0 Å². The SMILES string of the molecule is O=P(c1ccccc1)(c1ccccc1)c1ccc(-c2c3ccccc3c(-c3ccc(C4(c5ccc(-c6nc(-c7ccccc7)nc(-c7ccc(-c8ccccc8)cc7)n6)cc5)CCCCC4)cc3)c3ccccc23)cc1. The Hall–Kier alpha value is -8.82. The summed E-state index contributed by atoms with van der Waals surface area (Å²) in [4.78, 5) is 15.2. The zero-order chi connectivity index (χ0) is 50.9. The predicted octanol–water partition coefficient (Wildman–Crippen LogP) is 17.1. The summed E-state index contributed by atoms with van der Waals surface area (Å²) in [7, 11) is -3.13. The van der Waals surface area contributed by atoms with Gasteiger partial charge in [-0.25, -0.2) is 15.0 Å². The van der Waals surface area contributed by atoms with Gasteiger partial charge in [-0.1, -0.05) is 286 Å². The van der Waals surface area contributed by atoms with Crippen molar-refractivity contribution in [3.05, 3.63) is 278 Å². The smallest absolute Gasteiger partial charge is 0.171 e. The third-order valence-electron chi connectivity index (χ3n) is 15.7. The minimum Gasteiger partial charge on any atom is -0.309 e. The summed E-state index contributed by atoms with van der Waals surface area (Å²) in [5, 5.41) is 7.27. The van der Waals surface area contributed by atoms with Crippen LogP contribution in [0.15, 0.2) is 267 Å². The molecule has 4 nitrogen and oxygen atoms in total. The van der Waals surface area contributed by atoms with Crippen molar-refractivity contribution in [2.45, 2.75) is 37.5 Å². The number of benzene rings is 11. The number of nitrogens with zero attached hydrogens (tertiary/aromatic N) is 3. The average Bonchev–Trinajstić information content (AvgIpc) is 3.53. The number of hydrogen-bond acceptors (Lipinski definition) is 4. The molecule has 76 heavy (non-hydrogen) atoms. The van der Waals surface area contributed by atoms with Crippen molar-refractivity contribution >= 4 is 44.6 Å². The average molecular weight is 996 g/mol. The zero-order valence-corrected chi connectivity index (χ0v) is 43.0. The number of rotatable bonds is 11. The van der Waals surface area contributed by atoms with E-state index in [-0.39, 0.29) is 5.41 Å². The van der Waals surface area contributed by atoms with E-state index in [1.165, 1.54) is 74.2 Å². The lowest BCUT2D eigenvalue weighted by Gasteiger charge is -2.39. The molecule has 0 bridgehead atoms. The topological polar surface area (TPSA) is 55.7 Å². The fraction of sp³-hybridized carbons (Fsp3) is 0.0845. The van der Waals surface area contributed by atoms with E-state index in [0.29, 0.717) is 17.5 Å². The van der Waals surface area contributed by atoms with Crippen LogP contribution in [0.2, 0.25) is 0 Å². The molecule has 1 aliphatic rings. The fourth-order valence-corrected chi connectivity index (χ4v) is 14.5. The molecule has 1 saturated carbocycles. The van der Waals surface area contributed by atoms with Crippen LogP contribution < -0.4 is 15.9 Å². The summed E-state index contributed by atoms with van der Waals surface area (Å²) in [6.07, 6.45) is 5.77. The minimum atomic E-state index is -3.13. The molecule has 13 rings (SSSR count). The second-order valence-corrected chi connectivity index (χ2v) is 22.8. The number of aromatic nitrogens is 3. The summed E-state index contributed by atoms with van der Waals surface area (Å²) in [6.45, 7) is 0. The quantitative estimate of drug-likeness (QED) is 0.0957. The van der Waals surface area contributed by atoms with Crippen molar-refractivity contribution in [2.75, 3.05) is 0 Å². The van der Waals surface area contributed by atoms with Gasteiger partial charge in [-0.05, 0) is 78.9 Å². The first-order valence-corrected chi connectivity index (χ1v) is 28.2. The lowest BCUT2D eigenvalue weighted by molar-refractivity contribution is 0.346. The number of hydrogen-bond donors (Lipinski definition) is 0. The van der Waals surface area contributed by atoms with E-state index in [0.717, 1.165) is 56.6 Å². The summed E-state index contributed by atoms with van der Waals surface area (Å²) in [5.74, 6) is 1.96. The highest BCUT2D eigenvalue weighted by Gasteiger charge is 2.36. The molecule has 0 aliphatic heterocycles. The van der Waals surface area contributed by atoms with Crippen molar-refractivity contribution in [1.29, 1.82) is 0 Å². The third kappa shape index (κ3) is 8.55. The van der Waals surface area contributed by atoms with Gasteiger partial charge in [0.05, 0.1) is 0 Å². The van der Waals surface area contributed by atoms with Crippen LogP contribution in [-0.4, -0.2) is 15.0 Å². The maximum atomic E-state index is 15.3. The molecule has 12 aromatic rings. The Bertz CT molecular complexity index is 3950. The maximum Gasteiger partial charge on any atom is 0.171 e. The van der Waals surface area contributed by atoms with Gasteiger partial charge in [-0.3, -0.25) is 0 Å². The van der Waals surface area contributed by atoms with Gasteiger partial charge in [-0.2, -0.15) is 0 Å².